The summed E-state index contributed by atoms with van der Waals surface area (Å²) in [4.78, 5) is 20.0. The number of primary amides is 1. The summed E-state index contributed by atoms with van der Waals surface area (Å²) in [7, 11) is 2.13. The molecule has 0 saturated carbocycles. The standard InChI is InChI=1S/C20H34N6O.HI/c1-4-22-20(24-18-10-12-26(13-11-18)19(21)27)23-14-16(2)25(3)15-17-8-6-5-7-9-17;/h5-9,16,18H,4,10-15H2,1-3H3,(H2,21,27)(H2,22,23,24);1H. The van der Waals surface area contributed by atoms with E-state index in [9.17, 15) is 4.79 Å². The molecular weight excluding hydrogens is 467 g/mol. The highest BCUT2D eigenvalue weighted by atomic mass is 127. The Morgan fingerprint density at radius 1 is 1.32 bits per heavy atom. The molecule has 1 aromatic rings. The second-order valence-electron chi connectivity index (χ2n) is 7.21. The monoisotopic (exact) mass is 502 g/mol. The molecule has 1 aromatic carbocycles. The lowest BCUT2D eigenvalue weighted by Crippen LogP contribution is -2.51. The summed E-state index contributed by atoms with van der Waals surface area (Å²) in [5.41, 5.74) is 6.66. The smallest absolute Gasteiger partial charge is 0.314 e. The van der Waals surface area contributed by atoms with Crippen LogP contribution in [0.25, 0.3) is 0 Å². The van der Waals surface area contributed by atoms with Gasteiger partial charge < -0.3 is 21.3 Å². The second kappa shape index (κ2) is 12.8. The van der Waals surface area contributed by atoms with Gasteiger partial charge in [0.2, 0.25) is 0 Å². The van der Waals surface area contributed by atoms with E-state index in [1.165, 1.54) is 5.56 Å². The number of carbonyl (C=O) groups excluding carboxylic acids is 1. The lowest BCUT2D eigenvalue weighted by atomic mass is 10.1. The third-order valence-corrected chi connectivity index (χ3v) is 5.03. The molecule has 4 N–H and O–H groups in total. The van der Waals surface area contributed by atoms with Crippen molar-refractivity contribution in [3.05, 3.63) is 35.9 Å². The molecule has 0 radical (unpaired) electrons. The summed E-state index contributed by atoms with van der Waals surface area (Å²) in [6.45, 7) is 8.11. The Kier molecular flexibility index (Phi) is 11.2. The van der Waals surface area contributed by atoms with Crippen LogP contribution in [0.3, 0.4) is 0 Å². The van der Waals surface area contributed by atoms with Crippen LogP contribution in [0.1, 0.15) is 32.3 Å². The number of likely N-dealkylation sites (N-methyl/N-ethyl adjacent to an activating group) is 1. The molecule has 158 valence electrons. The van der Waals surface area contributed by atoms with Crippen molar-refractivity contribution >= 4 is 36.0 Å². The Labute approximate surface area is 186 Å². The molecule has 1 heterocycles. The van der Waals surface area contributed by atoms with Gasteiger partial charge in [-0.2, -0.15) is 0 Å². The molecule has 1 atom stereocenters. The van der Waals surface area contributed by atoms with E-state index in [4.69, 9.17) is 10.7 Å². The third-order valence-electron chi connectivity index (χ3n) is 5.03. The largest absolute Gasteiger partial charge is 0.357 e. The van der Waals surface area contributed by atoms with Gasteiger partial charge in [0.1, 0.15) is 0 Å². The van der Waals surface area contributed by atoms with Gasteiger partial charge in [0.25, 0.3) is 0 Å². The van der Waals surface area contributed by atoms with Crippen LogP contribution in [0.5, 0.6) is 0 Å². The van der Waals surface area contributed by atoms with E-state index >= 15 is 0 Å². The molecule has 0 bridgehead atoms. The zero-order valence-corrected chi connectivity index (χ0v) is 19.6. The molecule has 2 rings (SSSR count). The summed E-state index contributed by atoms with van der Waals surface area (Å²) in [5, 5.41) is 6.82. The van der Waals surface area contributed by atoms with E-state index in [1.807, 2.05) is 6.07 Å². The number of nitrogens with two attached hydrogens (primary N) is 1. The minimum absolute atomic E-state index is 0. The molecule has 8 heteroatoms. The summed E-state index contributed by atoms with van der Waals surface area (Å²) in [6.07, 6.45) is 1.77. The molecule has 0 aliphatic carbocycles. The summed E-state index contributed by atoms with van der Waals surface area (Å²) >= 11 is 0. The normalized spacial score (nSPS) is 16.4. The third kappa shape index (κ3) is 8.22. The molecule has 1 aliphatic rings. The number of aliphatic imine (C=N–C) groups is 1. The molecule has 0 aromatic heterocycles. The minimum Gasteiger partial charge on any atom is -0.357 e. The fourth-order valence-electron chi connectivity index (χ4n) is 3.15. The molecule has 2 amide bonds. The van der Waals surface area contributed by atoms with E-state index in [0.717, 1.165) is 38.4 Å². The number of nitrogens with zero attached hydrogens (tertiary/aromatic N) is 3. The minimum atomic E-state index is -0.329. The van der Waals surface area contributed by atoms with Crippen molar-refractivity contribution < 1.29 is 4.79 Å². The number of likely N-dealkylation sites (tertiary alicyclic amines) is 1. The Balaban J connectivity index is 0.00000392. The Bertz CT molecular complexity index is 604. The molecule has 1 aliphatic heterocycles. The molecular formula is C20H35IN6O. The highest BCUT2D eigenvalue weighted by molar-refractivity contribution is 14.0. The van der Waals surface area contributed by atoms with Crippen LogP contribution in [0, 0.1) is 0 Å². The van der Waals surface area contributed by atoms with Crippen LogP contribution < -0.4 is 16.4 Å². The average Bonchev–Trinajstić information content (AvgIpc) is 2.67. The lowest BCUT2D eigenvalue weighted by molar-refractivity contribution is 0.188. The van der Waals surface area contributed by atoms with Crippen LogP contribution in [0.15, 0.2) is 35.3 Å². The van der Waals surface area contributed by atoms with Crippen LogP contribution >= 0.6 is 24.0 Å². The Morgan fingerprint density at radius 2 is 1.96 bits per heavy atom. The second-order valence-corrected chi connectivity index (χ2v) is 7.21. The maximum absolute atomic E-state index is 11.2. The van der Waals surface area contributed by atoms with Crippen molar-refractivity contribution in [3.63, 3.8) is 0 Å². The molecule has 7 nitrogen and oxygen atoms in total. The van der Waals surface area contributed by atoms with Crippen molar-refractivity contribution in [2.45, 2.75) is 45.3 Å². The van der Waals surface area contributed by atoms with Crippen molar-refractivity contribution in [2.75, 3.05) is 33.2 Å². The maximum Gasteiger partial charge on any atom is 0.314 e. The van der Waals surface area contributed by atoms with Crippen LogP contribution in [-0.4, -0.2) is 67.1 Å². The molecule has 1 saturated heterocycles. The molecule has 0 spiro atoms. The average molecular weight is 502 g/mol. The summed E-state index contributed by atoms with van der Waals surface area (Å²) in [5.74, 6) is 0.843. The maximum atomic E-state index is 11.2. The molecule has 1 fully saturated rings. The number of hydrogen-bond acceptors (Lipinski definition) is 3. The van der Waals surface area contributed by atoms with Crippen LogP contribution in [-0.2, 0) is 6.54 Å². The van der Waals surface area contributed by atoms with E-state index in [-0.39, 0.29) is 30.0 Å². The number of rotatable bonds is 7. The van der Waals surface area contributed by atoms with E-state index < -0.39 is 0 Å². The first-order valence-electron chi connectivity index (χ1n) is 9.83. The van der Waals surface area contributed by atoms with Crippen molar-refractivity contribution in [1.82, 2.24) is 20.4 Å². The van der Waals surface area contributed by atoms with Gasteiger partial charge in [0.05, 0.1) is 6.54 Å². The zero-order valence-electron chi connectivity index (χ0n) is 17.2. The number of nitrogens with one attached hydrogen (secondary N) is 2. The van der Waals surface area contributed by atoms with Crippen molar-refractivity contribution in [2.24, 2.45) is 10.7 Å². The van der Waals surface area contributed by atoms with Gasteiger partial charge in [-0.05, 0) is 39.3 Å². The first-order chi connectivity index (χ1) is 13.0. The number of guanidine groups is 1. The zero-order chi connectivity index (χ0) is 19.6. The Hall–Kier alpha value is -1.55. The first-order valence-corrected chi connectivity index (χ1v) is 9.83. The number of halogens is 1. The molecule has 28 heavy (non-hydrogen) atoms. The highest BCUT2D eigenvalue weighted by Gasteiger charge is 2.21. The quantitative estimate of drug-likeness (QED) is 0.303. The van der Waals surface area contributed by atoms with Gasteiger partial charge in [-0.25, -0.2) is 4.79 Å². The van der Waals surface area contributed by atoms with Crippen molar-refractivity contribution in [1.29, 1.82) is 0 Å². The van der Waals surface area contributed by atoms with Gasteiger partial charge in [-0.3, -0.25) is 9.89 Å². The van der Waals surface area contributed by atoms with Crippen molar-refractivity contribution in [3.8, 4) is 0 Å². The van der Waals surface area contributed by atoms with Gasteiger partial charge in [0.15, 0.2) is 5.96 Å². The van der Waals surface area contributed by atoms with E-state index in [2.05, 4.69) is 60.7 Å². The van der Waals surface area contributed by atoms with Crippen LogP contribution in [0.4, 0.5) is 4.79 Å². The van der Waals surface area contributed by atoms with Gasteiger partial charge >= 0.3 is 6.03 Å². The number of amides is 2. The SMILES string of the molecule is CCNC(=NCC(C)N(C)Cc1ccccc1)NC1CCN(C(N)=O)CC1.I. The van der Waals surface area contributed by atoms with Gasteiger partial charge in [-0.1, -0.05) is 30.3 Å². The van der Waals surface area contributed by atoms with E-state index in [0.29, 0.717) is 25.2 Å². The lowest BCUT2D eigenvalue weighted by Gasteiger charge is -2.32. The summed E-state index contributed by atoms with van der Waals surface area (Å²) < 4.78 is 0. The number of benzene rings is 1. The summed E-state index contributed by atoms with van der Waals surface area (Å²) in [6, 6.07) is 10.8. The van der Waals surface area contributed by atoms with Gasteiger partial charge in [0, 0.05) is 38.3 Å². The fourth-order valence-corrected chi connectivity index (χ4v) is 3.15. The predicted molar refractivity (Wildman–Crippen MR) is 126 cm³/mol. The highest BCUT2D eigenvalue weighted by Crippen LogP contribution is 2.10. The number of urea groups is 1. The fraction of sp³-hybridized carbons (Fsp3) is 0.600. The topological polar surface area (TPSA) is 86.0 Å². The number of piperidine rings is 1. The predicted octanol–water partition coefficient (Wildman–Crippen LogP) is 2.22. The first kappa shape index (κ1) is 24.5. The number of carbonyl (C=O) groups is 1. The van der Waals surface area contributed by atoms with Crippen LogP contribution in [0.2, 0.25) is 0 Å². The van der Waals surface area contributed by atoms with Gasteiger partial charge in [-0.15, -0.1) is 24.0 Å². The number of hydrogen-bond donors (Lipinski definition) is 3. The Morgan fingerprint density at radius 3 is 2.54 bits per heavy atom. The van der Waals surface area contributed by atoms with E-state index in [1.54, 1.807) is 4.90 Å². The molecule has 1 unspecified atom stereocenters.